The van der Waals surface area contributed by atoms with Crippen LogP contribution in [0.4, 0.5) is 5.69 Å². The molecule has 2 unspecified atom stereocenters. The van der Waals surface area contributed by atoms with E-state index in [1.54, 1.807) is 6.20 Å². The van der Waals surface area contributed by atoms with Crippen LogP contribution in [0.15, 0.2) is 18.5 Å². The van der Waals surface area contributed by atoms with Gasteiger partial charge in [-0.2, -0.15) is 0 Å². The predicted molar refractivity (Wildman–Crippen MR) is 67.6 cm³/mol. The van der Waals surface area contributed by atoms with Gasteiger partial charge in [-0.25, -0.2) is 0 Å². The fraction of sp³-hybridized carbons (Fsp3) is 0.583. The molecule has 2 saturated heterocycles. The Kier molecular flexibility index (Phi) is 2.94. The highest BCUT2D eigenvalue weighted by Gasteiger charge is 2.33. The topological polar surface area (TPSA) is 28.6 Å². The summed E-state index contributed by atoms with van der Waals surface area (Å²) < 4.78 is 5.94. The molecule has 0 amide bonds. The molecule has 3 rings (SSSR count). The third-order valence-electron chi connectivity index (χ3n) is 3.32. The Morgan fingerprint density at radius 1 is 1.24 bits per heavy atom. The Bertz CT molecular complexity index is 396. The van der Waals surface area contributed by atoms with Crippen LogP contribution in [-0.2, 0) is 4.74 Å². The SMILES string of the molecule is CN1CC2CN(c3cncc(Cl)c3)CC(C1)O2. The van der Waals surface area contributed by atoms with Crippen molar-refractivity contribution in [2.45, 2.75) is 12.2 Å². The first kappa shape index (κ1) is 11.3. The molecule has 2 aliphatic rings. The van der Waals surface area contributed by atoms with E-state index < -0.39 is 0 Å². The van der Waals surface area contributed by atoms with Gasteiger partial charge >= 0.3 is 0 Å². The largest absolute Gasteiger partial charge is 0.369 e. The smallest absolute Gasteiger partial charge is 0.0881 e. The normalized spacial score (nSPS) is 29.4. The molecule has 2 aliphatic heterocycles. The second-order valence-corrected chi connectivity index (χ2v) is 5.30. The Morgan fingerprint density at radius 2 is 1.94 bits per heavy atom. The molecule has 2 fully saturated rings. The average molecular weight is 254 g/mol. The van der Waals surface area contributed by atoms with Crippen molar-refractivity contribution >= 4 is 17.3 Å². The molecule has 17 heavy (non-hydrogen) atoms. The number of morpholine rings is 2. The van der Waals surface area contributed by atoms with Crippen molar-refractivity contribution in [3.05, 3.63) is 23.5 Å². The minimum absolute atomic E-state index is 0.298. The number of anilines is 1. The molecule has 0 saturated carbocycles. The lowest BCUT2D eigenvalue weighted by Crippen LogP contribution is -2.58. The Morgan fingerprint density at radius 3 is 2.59 bits per heavy atom. The number of rotatable bonds is 1. The Balaban J connectivity index is 1.78. The first-order valence-electron chi connectivity index (χ1n) is 5.90. The lowest BCUT2D eigenvalue weighted by atomic mass is 10.1. The van der Waals surface area contributed by atoms with Gasteiger partial charge in [0.05, 0.1) is 29.1 Å². The molecule has 92 valence electrons. The molecular weight excluding hydrogens is 238 g/mol. The van der Waals surface area contributed by atoms with Crippen LogP contribution in [0.3, 0.4) is 0 Å². The van der Waals surface area contributed by atoms with E-state index >= 15 is 0 Å². The number of hydrogen-bond acceptors (Lipinski definition) is 4. The van der Waals surface area contributed by atoms with Crippen molar-refractivity contribution in [3.8, 4) is 0 Å². The van der Waals surface area contributed by atoms with Crippen LogP contribution in [0.25, 0.3) is 0 Å². The number of halogens is 1. The maximum absolute atomic E-state index is 5.98. The van der Waals surface area contributed by atoms with Crippen LogP contribution >= 0.6 is 11.6 Å². The summed E-state index contributed by atoms with van der Waals surface area (Å²) in [6, 6.07) is 1.97. The van der Waals surface area contributed by atoms with Crippen molar-refractivity contribution in [1.82, 2.24) is 9.88 Å². The number of ether oxygens (including phenoxy) is 1. The number of nitrogens with zero attached hydrogens (tertiary/aromatic N) is 3. The molecule has 4 nitrogen and oxygen atoms in total. The summed E-state index contributed by atoms with van der Waals surface area (Å²) in [6.07, 6.45) is 4.13. The van der Waals surface area contributed by atoms with Gasteiger partial charge in [0.25, 0.3) is 0 Å². The molecule has 2 bridgehead atoms. The lowest BCUT2D eigenvalue weighted by molar-refractivity contribution is -0.0875. The molecule has 0 spiro atoms. The van der Waals surface area contributed by atoms with Crippen molar-refractivity contribution in [1.29, 1.82) is 0 Å². The molecule has 5 heteroatoms. The molecule has 1 aromatic rings. The van der Waals surface area contributed by atoms with Gasteiger partial charge in [-0.15, -0.1) is 0 Å². The third-order valence-corrected chi connectivity index (χ3v) is 3.53. The van der Waals surface area contributed by atoms with E-state index in [-0.39, 0.29) is 0 Å². The monoisotopic (exact) mass is 253 g/mol. The number of pyridine rings is 1. The van der Waals surface area contributed by atoms with Crippen LogP contribution in [0.2, 0.25) is 5.02 Å². The zero-order chi connectivity index (χ0) is 11.8. The van der Waals surface area contributed by atoms with Gasteiger partial charge in [0.1, 0.15) is 0 Å². The quantitative estimate of drug-likeness (QED) is 0.753. The van der Waals surface area contributed by atoms with Crippen molar-refractivity contribution < 1.29 is 4.74 Å². The lowest BCUT2D eigenvalue weighted by Gasteiger charge is -2.45. The van der Waals surface area contributed by atoms with Crippen molar-refractivity contribution in [2.75, 3.05) is 38.1 Å². The van der Waals surface area contributed by atoms with Crippen molar-refractivity contribution in [2.24, 2.45) is 0 Å². The number of aromatic nitrogens is 1. The first-order chi connectivity index (χ1) is 8.20. The summed E-state index contributed by atoms with van der Waals surface area (Å²) in [6.45, 7) is 3.84. The molecule has 2 atom stereocenters. The van der Waals surface area contributed by atoms with Crippen LogP contribution < -0.4 is 4.90 Å². The molecule has 0 N–H and O–H groups in total. The van der Waals surface area contributed by atoms with E-state index in [9.17, 15) is 0 Å². The maximum atomic E-state index is 5.98. The average Bonchev–Trinajstić information content (AvgIpc) is 2.27. The number of hydrogen-bond donors (Lipinski definition) is 0. The summed E-state index contributed by atoms with van der Waals surface area (Å²) >= 11 is 5.98. The van der Waals surface area contributed by atoms with Gasteiger partial charge in [0.2, 0.25) is 0 Å². The van der Waals surface area contributed by atoms with Gasteiger partial charge in [-0.05, 0) is 13.1 Å². The van der Waals surface area contributed by atoms with E-state index in [0.717, 1.165) is 31.9 Å². The molecule has 0 aromatic carbocycles. The standard InChI is InChI=1S/C12H16ClN3O/c1-15-5-11-7-16(8-12(6-15)17-11)10-2-9(13)3-14-4-10/h2-4,11-12H,5-8H2,1H3. The van der Waals surface area contributed by atoms with E-state index in [1.165, 1.54) is 0 Å². The molecule has 3 heterocycles. The highest BCUT2D eigenvalue weighted by molar-refractivity contribution is 6.30. The molecular formula is C12H16ClN3O. The van der Waals surface area contributed by atoms with Crippen LogP contribution in [-0.4, -0.2) is 55.3 Å². The third kappa shape index (κ3) is 2.39. The molecule has 0 aliphatic carbocycles. The highest BCUT2D eigenvalue weighted by Crippen LogP contribution is 2.24. The summed E-state index contributed by atoms with van der Waals surface area (Å²) in [4.78, 5) is 8.81. The van der Waals surface area contributed by atoms with Gasteiger partial charge in [-0.3, -0.25) is 4.98 Å². The molecule has 0 radical (unpaired) electrons. The summed E-state index contributed by atoms with van der Waals surface area (Å²) in [5, 5.41) is 0.691. The predicted octanol–water partition coefficient (Wildman–Crippen LogP) is 1.25. The van der Waals surface area contributed by atoms with Crippen LogP contribution in [0.5, 0.6) is 0 Å². The second-order valence-electron chi connectivity index (χ2n) is 4.87. The zero-order valence-corrected chi connectivity index (χ0v) is 10.6. The maximum Gasteiger partial charge on any atom is 0.0881 e. The van der Waals surface area contributed by atoms with Gasteiger partial charge < -0.3 is 14.5 Å². The minimum Gasteiger partial charge on any atom is -0.369 e. The van der Waals surface area contributed by atoms with E-state index in [0.29, 0.717) is 17.2 Å². The van der Waals surface area contributed by atoms with E-state index in [4.69, 9.17) is 16.3 Å². The number of fused-ring (bicyclic) bond motifs is 2. The number of likely N-dealkylation sites (N-methyl/N-ethyl adjacent to an activating group) is 1. The highest BCUT2D eigenvalue weighted by atomic mass is 35.5. The Hall–Kier alpha value is -0.840. The van der Waals surface area contributed by atoms with Gasteiger partial charge in [0, 0.05) is 32.4 Å². The summed E-state index contributed by atoms with van der Waals surface area (Å²) in [5.74, 6) is 0. The van der Waals surface area contributed by atoms with Gasteiger partial charge in [-0.1, -0.05) is 11.6 Å². The van der Waals surface area contributed by atoms with Crippen LogP contribution in [0.1, 0.15) is 0 Å². The molecule has 1 aromatic heterocycles. The van der Waals surface area contributed by atoms with Crippen molar-refractivity contribution in [3.63, 3.8) is 0 Å². The van der Waals surface area contributed by atoms with E-state index in [1.807, 2.05) is 12.3 Å². The minimum atomic E-state index is 0.298. The van der Waals surface area contributed by atoms with Gasteiger partial charge in [0.15, 0.2) is 0 Å². The first-order valence-corrected chi connectivity index (χ1v) is 6.28. The van der Waals surface area contributed by atoms with Crippen LogP contribution in [0, 0.1) is 0 Å². The fourth-order valence-corrected chi connectivity index (χ4v) is 2.85. The Labute approximate surface area is 106 Å². The van der Waals surface area contributed by atoms with E-state index in [2.05, 4.69) is 21.8 Å². The zero-order valence-electron chi connectivity index (χ0n) is 9.84. The fourth-order valence-electron chi connectivity index (χ4n) is 2.68. The summed E-state index contributed by atoms with van der Waals surface area (Å²) in [7, 11) is 2.15. The second kappa shape index (κ2) is 4.44. The summed E-state index contributed by atoms with van der Waals surface area (Å²) in [5.41, 5.74) is 1.10.